The molecule has 1 amide bonds. The van der Waals surface area contributed by atoms with Gasteiger partial charge in [-0.3, -0.25) is 9.78 Å². The Morgan fingerprint density at radius 2 is 1.88 bits per heavy atom. The van der Waals surface area contributed by atoms with E-state index in [0.29, 0.717) is 16.9 Å². The molecule has 0 aliphatic rings. The molecular formula is C21H16N2O3. The number of hydrogen-bond acceptors (Lipinski definition) is 4. The number of furan rings is 1. The molecule has 0 radical (unpaired) electrons. The minimum Gasteiger partial charge on any atom is -0.496 e. The first-order chi connectivity index (χ1) is 12.7. The van der Waals surface area contributed by atoms with Crippen molar-refractivity contribution in [2.24, 2.45) is 5.73 Å². The van der Waals surface area contributed by atoms with Crippen LogP contribution in [0.15, 0.2) is 71.3 Å². The zero-order chi connectivity index (χ0) is 18.1. The highest BCUT2D eigenvalue weighted by molar-refractivity contribution is 5.97. The van der Waals surface area contributed by atoms with Crippen molar-refractivity contribution in [1.29, 1.82) is 0 Å². The molecule has 0 spiro atoms. The number of rotatable bonds is 4. The van der Waals surface area contributed by atoms with E-state index in [0.717, 1.165) is 28.0 Å². The molecule has 0 unspecified atom stereocenters. The maximum absolute atomic E-state index is 11.5. The molecule has 2 aromatic carbocycles. The van der Waals surface area contributed by atoms with E-state index in [1.165, 1.54) is 0 Å². The minimum absolute atomic E-state index is 0.448. The van der Waals surface area contributed by atoms with E-state index in [-0.39, 0.29) is 0 Å². The summed E-state index contributed by atoms with van der Waals surface area (Å²) >= 11 is 0. The zero-order valence-electron chi connectivity index (χ0n) is 14.1. The van der Waals surface area contributed by atoms with Gasteiger partial charge in [0.15, 0.2) is 5.58 Å². The van der Waals surface area contributed by atoms with Crippen LogP contribution in [0.4, 0.5) is 0 Å². The molecule has 0 aliphatic carbocycles. The topological polar surface area (TPSA) is 78.4 Å². The van der Waals surface area contributed by atoms with Crippen molar-refractivity contribution < 1.29 is 13.9 Å². The first-order valence-corrected chi connectivity index (χ1v) is 8.09. The minimum atomic E-state index is -0.466. The Bertz CT molecular complexity index is 1120. The maximum atomic E-state index is 11.5. The Balaban J connectivity index is 1.89. The van der Waals surface area contributed by atoms with Crippen LogP contribution in [-0.2, 0) is 0 Å². The van der Waals surface area contributed by atoms with Crippen LogP contribution in [0.5, 0.6) is 5.75 Å². The zero-order valence-corrected chi connectivity index (χ0v) is 14.1. The molecule has 2 aromatic heterocycles. The second-order valence-electron chi connectivity index (χ2n) is 5.83. The molecule has 0 saturated heterocycles. The summed E-state index contributed by atoms with van der Waals surface area (Å²) in [6, 6.07) is 18.5. The van der Waals surface area contributed by atoms with Crippen molar-refractivity contribution in [2.45, 2.75) is 0 Å². The Morgan fingerprint density at radius 3 is 2.69 bits per heavy atom. The number of carbonyl (C=O) groups excluding carboxylic acids is 1. The number of para-hydroxylation sites is 1. The van der Waals surface area contributed by atoms with Crippen LogP contribution in [-0.4, -0.2) is 18.0 Å². The van der Waals surface area contributed by atoms with Crippen molar-refractivity contribution in [1.82, 2.24) is 4.98 Å². The quantitative estimate of drug-likeness (QED) is 0.600. The fraction of sp³-hybridized carbons (Fsp3) is 0.0476. The van der Waals surface area contributed by atoms with Gasteiger partial charge in [-0.2, -0.15) is 0 Å². The second-order valence-corrected chi connectivity index (χ2v) is 5.83. The normalized spacial score (nSPS) is 10.8. The van der Waals surface area contributed by atoms with Gasteiger partial charge in [0.05, 0.1) is 12.7 Å². The lowest BCUT2D eigenvalue weighted by atomic mass is 10.0. The fourth-order valence-corrected chi connectivity index (χ4v) is 2.99. The van der Waals surface area contributed by atoms with Gasteiger partial charge in [0.25, 0.3) is 0 Å². The third kappa shape index (κ3) is 2.69. The number of amides is 1. The molecule has 5 heteroatoms. The van der Waals surface area contributed by atoms with E-state index in [9.17, 15) is 4.79 Å². The van der Waals surface area contributed by atoms with Crippen molar-refractivity contribution in [3.63, 3.8) is 0 Å². The van der Waals surface area contributed by atoms with Crippen LogP contribution in [0.25, 0.3) is 33.6 Å². The molecule has 5 nitrogen and oxygen atoms in total. The average molecular weight is 344 g/mol. The number of primary amides is 1. The van der Waals surface area contributed by atoms with Crippen LogP contribution < -0.4 is 10.5 Å². The van der Waals surface area contributed by atoms with Crippen LogP contribution in [0.1, 0.15) is 10.4 Å². The van der Waals surface area contributed by atoms with Gasteiger partial charge >= 0.3 is 0 Å². The predicted octanol–water partition coefficient (Wildman–Crippen LogP) is 4.27. The fourth-order valence-electron chi connectivity index (χ4n) is 2.99. The first kappa shape index (κ1) is 15.9. The number of carbonyl (C=O) groups is 1. The number of benzene rings is 2. The molecule has 0 fully saturated rings. The van der Waals surface area contributed by atoms with E-state index >= 15 is 0 Å². The van der Waals surface area contributed by atoms with E-state index in [4.69, 9.17) is 14.9 Å². The number of nitrogens with zero attached hydrogens (tertiary/aromatic N) is 1. The Hall–Kier alpha value is -3.60. The van der Waals surface area contributed by atoms with Crippen molar-refractivity contribution in [2.75, 3.05) is 7.11 Å². The second kappa shape index (κ2) is 6.37. The number of hydrogen-bond donors (Lipinski definition) is 1. The largest absolute Gasteiger partial charge is 0.496 e. The molecule has 128 valence electrons. The van der Waals surface area contributed by atoms with Gasteiger partial charge in [0, 0.05) is 23.4 Å². The Labute approximate surface area is 150 Å². The van der Waals surface area contributed by atoms with Crippen LogP contribution in [0.2, 0.25) is 0 Å². The van der Waals surface area contributed by atoms with Gasteiger partial charge in [-0.05, 0) is 35.9 Å². The average Bonchev–Trinajstić information content (AvgIpc) is 3.12. The molecule has 0 bridgehead atoms. The smallest absolute Gasteiger partial charge is 0.248 e. The highest BCUT2D eigenvalue weighted by Gasteiger charge is 2.15. The number of nitrogens with two attached hydrogens (primary N) is 1. The summed E-state index contributed by atoms with van der Waals surface area (Å²) in [4.78, 5) is 15.9. The summed E-state index contributed by atoms with van der Waals surface area (Å²) in [6.45, 7) is 0. The third-order valence-electron chi connectivity index (χ3n) is 4.24. The van der Waals surface area contributed by atoms with Gasteiger partial charge in [-0.25, -0.2) is 0 Å². The molecule has 0 atom stereocenters. The van der Waals surface area contributed by atoms with E-state index in [1.54, 1.807) is 31.5 Å². The summed E-state index contributed by atoms with van der Waals surface area (Å²) in [5.41, 5.74) is 9.76. The van der Waals surface area contributed by atoms with Crippen molar-refractivity contribution >= 4 is 17.0 Å². The Kier molecular flexibility index (Phi) is 3.89. The van der Waals surface area contributed by atoms with Gasteiger partial charge in [0.2, 0.25) is 5.91 Å². The molecule has 4 aromatic rings. The van der Waals surface area contributed by atoms with E-state index in [2.05, 4.69) is 4.98 Å². The summed E-state index contributed by atoms with van der Waals surface area (Å²) < 4.78 is 11.5. The highest BCUT2D eigenvalue weighted by atomic mass is 16.5. The Morgan fingerprint density at radius 1 is 1.04 bits per heavy atom. The summed E-state index contributed by atoms with van der Waals surface area (Å²) in [7, 11) is 1.63. The predicted molar refractivity (Wildman–Crippen MR) is 100.0 cm³/mol. The number of aromatic nitrogens is 1. The monoisotopic (exact) mass is 344 g/mol. The first-order valence-electron chi connectivity index (χ1n) is 8.09. The molecule has 26 heavy (non-hydrogen) atoms. The lowest BCUT2D eigenvalue weighted by Crippen LogP contribution is -2.10. The lowest BCUT2D eigenvalue weighted by Gasteiger charge is -2.05. The van der Waals surface area contributed by atoms with Gasteiger partial charge in [-0.15, -0.1) is 0 Å². The van der Waals surface area contributed by atoms with Gasteiger partial charge < -0.3 is 14.9 Å². The molecule has 0 aliphatic heterocycles. The summed E-state index contributed by atoms with van der Waals surface area (Å²) in [5, 5.41) is 0. The van der Waals surface area contributed by atoms with Crippen LogP contribution in [0.3, 0.4) is 0 Å². The van der Waals surface area contributed by atoms with Crippen LogP contribution >= 0.6 is 0 Å². The standard InChI is InChI=1S/C21H16N2O3/c1-25-18-8-3-2-7-16(18)19-12-17-20(26-19)15(9-10-23-17)13-5-4-6-14(11-13)21(22)24/h2-12H,1H3,(H2,22,24). The summed E-state index contributed by atoms with van der Waals surface area (Å²) in [5.74, 6) is 0.929. The number of methoxy groups -OCH3 is 1. The molecule has 2 N–H and O–H groups in total. The molecule has 0 saturated carbocycles. The highest BCUT2D eigenvalue weighted by Crippen LogP contribution is 2.36. The van der Waals surface area contributed by atoms with E-state index < -0.39 is 5.91 Å². The van der Waals surface area contributed by atoms with Crippen molar-refractivity contribution in [3.05, 3.63) is 72.4 Å². The van der Waals surface area contributed by atoms with Crippen molar-refractivity contribution in [3.8, 4) is 28.2 Å². The van der Waals surface area contributed by atoms with Crippen LogP contribution in [0, 0.1) is 0 Å². The third-order valence-corrected chi connectivity index (χ3v) is 4.24. The summed E-state index contributed by atoms with van der Waals surface area (Å²) in [6.07, 6.45) is 1.72. The SMILES string of the molecule is COc1ccccc1-c1cc2nccc(-c3cccc(C(N)=O)c3)c2o1. The van der Waals surface area contributed by atoms with E-state index in [1.807, 2.05) is 42.5 Å². The maximum Gasteiger partial charge on any atom is 0.248 e. The van der Waals surface area contributed by atoms with Gasteiger partial charge in [-0.1, -0.05) is 24.3 Å². The number of ether oxygens (including phenoxy) is 1. The number of pyridine rings is 1. The number of fused-ring (bicyclic) bond motifs is 1. The lowest BCUT2D eigenvalue weighted by molar-refractivity contribution is 0.100. The molecule has 4 rings (SSSR count). The van der Waals surface area contributed by atoms with Gasteiger partial charge in [0.1, 0.15) is 17.0 Å². The molecular weight excluding hydrogens is 328 g/mol. The molecule has 2 heterocycles.